The molecule has 0 radical (unpaired) electrons. The smallest absolute Gasteiger partial charge is 0.273 e. The molecule has 8 nitrogen and oxygen atoms in total. The van der Waals surface area contributed by atoms with Gasteiger partial charge in [-0.15, -0.1) is 0 Å². The largest absolute Gasteiger partial charge is 0.505 e. The van der Waals surface area contributed by atoms with E-state index in [-0.39, 0.29) is 5.15 Å². The van der Waals surface area contributed by atoms with Crippen LogP contribution < -0.4 is 5.56 Å². The van der Waals surface area contributed by atoms with Gasteiger partial charge in [-0.25, -0.2) is 0 Å². The van der Waals surface area contributed by atoms with Crippen LogP contribution in [0.15, 0.2) is 10.9 Å². The molecule has 0 saturated carbocycles. The molecule has 18 heavy (non-hydrogen) atoms. The van der Waals surface area contributed by atoms with Crippen molar-refractivity contribution in [3.05, 3.63) is 21.6 Å². The van der Waals surface area contributed by atoms with Gasteiger partial charge in [0.05, 0.1) is 12.7 Å². The third kappa shape index (κ3) is 2.08. The quantitative estimate of drug-likeness (QED) is 0.504. The Labute approximate surface area is 106 Å². The lowest BCUT2D eigenvalue weighted by molar-refractivity contribution is -0.0610. The molecule has 0 spiro atoms. The third-order valence-corrected chi connectivity index (χ3v) is 2.92. The highest BCUT2D eigenvalue weighted by molar-refractivity contribution is 6.30. The van der Waals surface area contributed by atoms with Crippen molar-refractivity contribution >= 4 is 11.6 Å². The van der Waals surface area contributed by atoms with Crippen LogP contribution in [0.3, 0.4) is 0 Å². The van der Waals surface area contributed by atoms with E-state index in [1.54, 1.807) is 0 Å². The molecule has 4 atom stereocenters. The first-order valence-electron chi connectivity index (χ1n) is 5.06. The van der Waals surface area contributed by atoms with Crippen LogP contribution in [0.25, 0.3) is 0 Å². The van der Waals surface area contributed by atoms with E-state index < -0.39 is 42.5 Å². The topological polar surface area (TPSA) is 125 Å². The van der Waals surface area contributed by atoms with Gasteiger partial charge >= 0.3 is 0 Å². The predicted octanol–water partition coefficient (Wildman–Crippen LogP) is -1.79. The molecule has 0 aliphatic carbocycles. The fraction of sp³-hybridized carbons (Fsp3) is 0.556. The summed E-state index contributed by atoms with van der Waals surface area (Å²) in [5.74, 6) is -0.496. The van der Waals surface area contributed by atoms with Crippen LogP contribution in [0, 0.1) is 0 Å². The van der Waals surface area contributed by atoms with E-state index in [9.17, 15) is 20.1 Å². The molecule has 0 aromatic carbocycles. The Morgan fingerprint density at radius 3 is 2.67 bits per heavy atom. The first-order chi connectivity index (χ1) is 8.45. The van der Waals surface area contributed by atoms with Gasteiger partial charge in [0, 0.05) is 0 Å². The minimum Gasteiger partial charge on any atom is -0.505 e. The van der Waals surface area contributed by atoms with Crippen molar-refractivity contribution < 1.29 is 25.2 Å². The molecule has 2 heterocycles. The first kappa shape index (κ1) is 13.2. The summed E-state index contributed by atoms with van der Waals surface area (Å²) in [4.78, 5) is 11.6. The number of nitrogens with zero attached hydrogens (tertiary/aromatic N) is 2. The summed E-state index contributed by atoms with van der Waals surface area (Å²) in [6.45, 7) is -0.519. The molecule has 4 N–H and O–H groups in total. The minimum absolute atomic E-state index is 0.340. The zero-order valence-electron chi connectivity index (χ0n) is 8.97. The highest BCUT2D eigenvalue weighted by Gasteiger charge is 2.44. The number of aromatic hydroxyl groups is 1. The average molecular weight is 279 g/mol. The Hall–Kier alpha value is -1.19. The molecule has 1 fully saturated rings. The summed E-state index contributed by atoms with van der Waals surface area (Å²) in [5.41, 5.74) is -0.758. The van der Waals surface area contributed by atoms with Crippen LogP contribution in [0.4, 0.5) is 0 Å². The van der Waals surface area contributed by atoms with E-state index in [2.05, 4.69) is 5.10 Å². The molecule has 4 unspecified atom stereocenters. The standard InChI is InChI=1S/C9H11ClN2O6/c10-8-3(14)1-5(15)12(11-8)9-7(17)6(16)4(2-13)18-9/h1,4,6-7,9,13-14,16-17H,2H2. The molecule has 1 aromatic rings. The second-order valence-corrected chi connectivity index (χ2v) is 4.19. The normalized spacial score (nSPS) is 31.8. The van der Waals surface area contributed by atoms with Crippen LogP contribution >= 0.6 is 11.6 Å². The van der Waals surface area contributed by atoms with Crippen molar-refractivity contribution in [2.24, 2.45) is 0 Å². The molecule has 100 valence electrons. The third-order valence-electron chi connectivity index (χ3n) is 2.65. The van der Waals surface area contributed by atoms with Crippen molar-refractivity contribution in [3.63, 3.8) is 0 Å². The number of aromatic nitrogens is 2. The molecule has 1 aromatic heterocycles. The number of aliphatic hydroxyl groups is 3. The first-order valence-corrected chi connectivity index (χ1v) is 5.44. The fourth-order valence-corrected chi connectivity index (χ4v) is 1.84. The summed E-state index contributed by atoms with van der Waals surface area (Å²) in [5, 5.41) is 40.6. The number of aliphatic hydroxyl groups excluding tert-OH is 3. The maximum Gasteiger partial charge on any atom is 0.273 e. The Balaban J connectivity index is 2.39. The molecule has 0 amide bonds. The lowest BCUT2D eigenvalue weighted by Gasteiger charge is -2.16. The molecule has 1 aliphatic heterocycles. The molecule has 1 saturated heterocycles. The minimum atomic E-state index is -1.44. The van der Waals surface area contributed by atoms with Crippen LogP contribution in [0.1, 0.15) is 6.23 Å². The maximum absolute atomic E-state index is 11.6. The molecule has 9 heteroatoms. The lowest BCUT2D eigenvalue weighted by atomic mass is 10.1. The monoisotopic (exact) mass is 278 g/mol. The van der Waals surface area contributed by atoms with Gasteiger partial charge < -0.3 is 25.2 Å². The average Bonchev–Trinajstić information content (AvgIpc) is 2.61. The van der Waals surface area contributed by atoms with Crippen LogP contribution in [0.5, 0.6) is 5.75 Å². The highest BCUT2D eigenvalue weighted by Crippen LogP contribution is 2.28. The van der Waals surface area contributed by atoms with Crippen molar-refractivity contribution in [1.82, 2.24) is 9.78 Å². The second-order valence-electron chi connectivity index (χ2n) is 3.83. The summed E-state index contributed by atoms with van der Waals surface area (Å²) in [6, 6.07) is 0.810. The van der Waals surface area contributed by atoms with Crippen LogP contribution in [-0.2, 0) is 4.74 Å². The van der Waals surface area contributed by atoms with E-state index in [1.165, 1.54) is 0 Å². The Kier molecular flexibility index (Phi) is 3.55. The zero-order valence-corrected chi connectivity index (χ0v) is 9.73. The second kappa shape index (κ2) is 4.82. The van der Waals surface area contributed by atoms with Gasteiger partial charge in [0.15, 0.2) is 17.1 Å². The number of rotatable bonds is 2. The predicted molar refractivity (Wildman–Crippen MR) is 58.2 cm³/mol. The van der Waals surface area contributed by atoms with Crippen molar-refractivity contribution in [3.8, 4) is 5.75 Å². The SMILES string of the molecule is O=c1cc(O)c(Cl)nn1C1OC(CO)C(O)C1O. The number of hydrogen-bond donors (Lipinski definition) is 4. The van der Waals surface area contributed by atoms with Gasteiger partial charge in [-0.3, -0.25) is 4.79 Å². The molecule has 0 bridgehead atoms. The lowest BCUT2D eigenvalue weighted by Crippen LogP contribution is -2.36. The van der Waals surface area contributed by atoms with E-state index >= 15 is 0 Å². The Morgan fingerprint density at radius 1 is 1.44 bits per heavy atom. The van der Waals surface area contributed by atoms with E-state index in [1.807, 2.05) is 0 Å². The van der Waals surface area contributed by atoms with E-state index in [0.717, 1.165) is 6.07 Å². The molecular weight excluding hydrogens is 268 g/mol. The summed E-state index contributed by atoms with van der Waals surface area (Å²) >= 11 is 5.55. The number of ether oxygens (including phenoxy) is 1. The molecule has 2 rings (SSSR count). The Morgan fingerprint density at radius 2 is 2.11 bits per heavy atom. The van der Waals surface area contributed by atoms with Crippen molar-refractivity contribution in [1.29, 1.82) is 0 Å². The Bertz CT molecular complexity index is 506. The summed E-state index contributed by atoms with van der Waals surface area (Å²) in [7, 11) is 0. The van der Waals surface area contributed by atoms with E-state index in [0.29, 0.717) is 4.68 Å². The van der Waals surface area contributed by atoms with Gasteiger partial charge in [-0.05, 0) is 0 Å². The molecular formula is C9H11ClN2O6. The van der Waals surface area contributed by atoms with E-state index in [4.69, 9.17) is 21.4 Å². The zero-order chi connectivity index (χ0) is 13.4. The van der Waals surface area contributed by atoms with Gasteiger partial charge in [0.1, 0.15) is 18.3 Å². The van der Waals surface area contributed by atoms with Crippen molar-refractivity contribution in [2.45, 2.75) is 24.5 Å². The van der Waals surface area contributed by atoms with Crippen LogP contribution in [-0.4, -0.2) is 55.1 Å². The van der Waals surface area contributed by atoms with Crippen LogP contribution in [0.2, 0.25) is 5.15 Å². The van der Waals surface area contributed by atoms with Gasteiger partial charge in [-0.2, -0.15) is 9.78 Å². The van der Waals surface area contributed by atoms with Gasteiger partial charge in [0.25, 0.3) is 5.56 Å². The van der Waals surface area contributed by atoms with Gasteiger partial charge in [0.2, 0.25) is 0 Å². The fourth-order valence-electron chi connectivity index (χ4n) is 1.70. The number of halogens is 1. The van der Waals surface area contributed by atoms with Crippen molar-refractivity contribution in [2.75, 3.05) is 6.61 Å². The van der Waals surface area contributed by atoms with Gasteiger partial charge in [-0.1, -0.05) is 11.6 Å². The molecule has 1 aliphatic rings. The maximum atomic E-state index is 11.6. The number of hydrogen-bond acceptors (Lipinski definition) is 7. The summed E-state index contributed by atoms with van der Waals surface area (Å²) < 4.78 is 5.81. The highest BCUT2D eigenvalue weighted by atomic mass is 35.5. The summed E-state index contributed by atoms with van der Waals surface area (Å²) in [6.07, 6.45) is -5.08.